The van der Waals surface area contributed by atoms with Crippen LogP contribution in [0.3, 0.4) is 0 Å². The molecule has 0 fully saturated rings. The lowest BCUT2D eigenvalue weighted by molar-refractivity contribution is 0.0987. The maximum absolute atomic E-state index is 13.4. The zero-order valence-corrected chi connectivity index (χ0v) is 16.7. The van der Waals surface area contributed by atoms with Crippen LogP contribution in [0.25, 0.3) is 0 Å². The number of benzene rings is 2. The third-order valence-electron chi connectivity index (χ3n) is 4.71. The number of para-hydroxylation sites is 2. The number of carbonyl (C=O) groups excluding carboxylic acids is 1. The van der Waals surface area contributed by atoms with E-state index in [0.29, 0.717) is 33.7 Å². The molecule has 5 nitrogen and oxygen atoms in total. The number of halogens is 2. The molecular weight excluding hydrogens is 395 g/mol. The highest BCUT2D eigenvalue weighted by molar-refractivity contribution is 6.35. The summed E-state index contributed by atoms with van der Waals surface area (Å²) in [7, 11) is 2.03. The molecule has 1 aliphatic rings. The molecule has 2 heterocycles. The van der Waals surface area contributed by atoms with Crippen molar-refractivity contribution < 1.29 is 4.79 Å². The molecule has 7 heteroatoms. The van der Waals surface area contributed by atoms with Gasteiger partial charge in [0.2, 0.25) is 0 Å². The van der Waals surface area contributed by atoms with Crippen LogP contribution in [0.2, 0.25) is 10.0 Å². The first-order chi connectivity index (χ1) is 13.5. The number of carbonyl (C=O) groups is 1. The van der Waals surface area contributed by atoms with Crippen molar-refractivity contribution in [3.8, 4) is 0 Å². The topological polar surface area (TPSA) is 48.5 Å². The zero-order valence-electron chi connectivity index (χ0n) is 15.2. The predicted octanol–water partition coefficient (Wildman–Crippen LogP) is 5.23. The summed E-state index contributed by atoms with van der Waals surface area (Å²) in [6.07, 6.45) is 1.63. The largest absolute Gasteiger partial charge is 0.371 e. The van der Waals surface area contributed by atoms with Gasteiger partial charge in [-0.05, 0) is 42.5 Å². The van der Waals surface area contributed by atoms with Crippen molar-refractivity contribution in [3.05, 3.63) is 76.4 Å². The highest BCUT2D eigenvalue weighted by atomic mass is 35.5. The number of pyridine rings is 1. The number of hydrogen-bond acceptors (Lipinski definition) is 4. The third-order valence-corrected chi connectivity index (χ3v) is 5.27. The Balaban J connectivity index is 1.70. The molecule has 1 amide bonds. The second kappa shape index (κ2) is 7.70. The van der Waals surface area contributed by atoms with Crippen LogP contribution in [0.4, 0.5) is 22.9 Å². The van der Waals surface area contributed by atoms with Gasteiger partial charge in [-0.2, -0.15) is 0 Å². The third kappa shape index (κ3) is 3.51. The highest BCUT2D eigenvalue weighted by Gasteiger charge is 2.27. The second-order valence-electron chi connectivity index (χ2n) is 6.52. The van der Waals surface area contributed by atoms with E-state index in [1.54, 1.807) is 41.4 Å². The standard InChI is InChI=1S/C21H18Cl2N4O/c1-26-11-12-27(19-7-3-2-6-18(19)26)21(28)15-5-4-10-24-20(15)25-17-13-14(22)8-9-16(17)23/h2-10,13H,11-12H2,1H3,(H,24,25). The summed E-state index contributed by atoms with van der Waals surface area (Å²) in [6, 6.07) is 16.5. The Morgan fingerprint density at radius 1 is 1.04 bits per heavy atom. The monoisotopic (exact) mass is 412 g/mol. The summed E-state index contributed by atoms with van der Waals surface area (Å²) in [6.45, 7) is 1.35. The summed E-state index contributed by atoms with van der Waals surface area (Å²) in [5.74, 6) is 0.322. The fourth-order valence-corrected chi connectivity index (χ4v) is 3.60. The van der Waals surface area contributed by atoms with E-state index in [2.05, 4.69) is 15.2 Å². The van der Waals surface area contributed by atoms with Crippen LogP contribution in [0.5, 0.6) is 0 Å². The number of anilines is 4. The number of amides is 1. The number of aromatic nitrogens is 1. The molecule has 0 saturated heterocycles. The van der Waals surface area contributed by atoms with Gasteiger partial charge in [0, 0.05) is 31.4 Å². The highest BCUT2D eigenvalue weighted by Crippen LogP contribution is 2.34. The van der Waals surface area contributed by atoms with E-state index < -0.39 is 0 Å². The van der Waals surface area contributed by atoms with Crippen LogP contribution >= 0.6 is 23.2 Å². The normalized spacial score (nSPS) is 13.2. The Morgan fingerprint density at radius 2 is 1.82 bits per heavy atom. The molecule has 0 bridgehead atoms. The molecule has 1 aromatic heterocycles. The fourth-order valence-electron chi connectivity index (χ4n) is 3.26. The Morgan fingerprint density at radius 3 is 2.64 bits per heavy atom. The van der Waals surface area contributed by atoms with E-state index in [1.165, 1.54) is 0 Å². The molecule has 4 rings (SSSR count). The van der Waals surface area contributed by atoms with E-state index in [4.69, 9.17) is 23.2 Å². The molecule has 0 unspecified atom stereocenters. The van der Waals surface area contributed by atoms with Crippen molar-refractivity contribution in [3.63, 3.8) is 0 Å². The smallest absolute Gasteiger partial charge is 0.262 e. The molecule has 142 valence electrons. The molecular formula is C21H18Cl2N4O. The van der Waals surface area contributed by atoms with Gasteiger partial charge in [0.15, 0.2) is 0 Å². The minimum Gasteiger partial charge on any atom is -0.371 e. The van der Waals surface area contributed by atoms with Gasteiger partial charge in [-0.1, -0.05) is 35.3 Å². The zero-order chi connectivity index (χ0) is 19.7. The Bertz CT molecular complexity index is 1040. The van der Waals surface area contributed by atoms with Crippen LogP contribution in [0.1, 0.15) is 10.4 Å². The Kier molecular flexibility index (Phi) is 5.11. The summed E-state index contributed by atoms with van der Waals surface area (Å²) >= 11 is 12.3. The van der Waals surface area contributed by atoms with E-state index in [0.717, 1.165) is 17.9 Å². The van der Waals surface area contributed by atoms with Crippen LogP contribution in [-0.2, 0) is 0 Å². The van der Waals surface area contributed by atoms with Crippen LogP contribution in [-0.4, -0.2) is 31.0 Å². The summed E-state index contributed by atoms with van der Waals surface area (Å²) < 4.78 is 0. The molecule has 0 saturated carbocycles. The molecule has 1 N–H and O–H groups in total. The number of nitrogens with one attached hydrogen (secondary N) is 1. The fraction of sp³-hybridized carbons (Fsp3) is 0.143. The second-order valence-corrected chi connectivity index (χ2v) is 7.36. The molecule has 28 heavy (non-hydrogen) atoms. The number of fused-ring (bicyclic) bond motifs is 1. The van der Waals surface area contributed by atoms with Gasteiger partial charge in [-0.3, -0.25) is 4.79 Å². The predicted molar refractivity (Wildman–Crippen MR) is 115 cm³/mol. The van der Waals surface area contributed by atoms with Crippen molar-refractivity contribution in [2.75, 3.05) is 35.3 Å². The minimum absolute atomic E-state index is 0.116. The molecule has 3 aromatic rings. The first-order valence-corrected chi connectivity index (χ1v) is 9.59. The van der Waals surface area contributed by atoms with Gasteiger partial charge < -0.3 is 15.1 Å². The molecule has 0 radical (unpaired) electrons. The maximum atomic E-state index is 13.4. The maximum Gasteiger partial charge on any atom is 0.262 e. The van der Waals surface area contributed by atoms with Crippen molar-refractivity contribution in [1.29, 1.82) is 0 Å². The molecule has 0 aliphatic carbocycles. The lowest BCUT2D eigenvalue weighted by atomic mass is 10.1. The number of likely N-dealkylation sites (N-methyl/N-ethyl adjacent to an activating group) is 1. The average molecular weight is 413 g/mol. The van der Waals surface area contributed by atoms with Crippen molar-refractivity contribution >= 4 is 52.0 Å². The van der Waals surface area contributed by atoms with Gasteiger partial charge >= 0.3 is 0 Å². The van der Waals surface area contributed by atoms with Crippen molar-refractivity contribution in [2.24, 2.45) is 0 Å². The first-order valence-electron chi connectivity index (χ1n) is 8.84. The van der Waals surface area contributed by atoms with Gasteiger partial charge in [0.05, 0.1) is 27.6 Å². The average Bonchev–Trinajstić information content (AvgIpc) is 2.71. The minimum atomic E-state index is -0.116. The number of rotatable bonds is 3. The lowest BCUT2D eigenvalue weighted by Crippen LogP contribution is -2.42. The quantitative estimate of drug-likeness (QED) is 0.639. The summed E-state index contributed by atoms with van der Waals surface area (Å²) in [5, 5.41) is 4.19. The van der Waals surface area contributed by atoms with Crippen molar-refractivity contribution in [2.45, 2.75) is 0 Å². The van der Waals surface area contributed by atoms with Crippen molar-refractivity contribution in [1.82, 2.24) is 4.98 Å². The van der Waals surface area contributed by atoms with Crippen LogP contribution in [0.15, 0.2) is 60.8 Å². The van der Waals surface area contributed by atoms with Crippen LogP contribution < -0.4 is 15.1 Å². The number of nitrogens with zero attached hydrogens (tertiary/aromatic N) is 3. The Labute approximate surface area is 173 Å². The van der Waals surface area contributed by atoms with Gasteiger partial charge in [-0.15, -0.1) is 0 Å². The van der Waals surface area contributed by atoms with Gasteiger partial charge in [0.1, 0.15) is 5.82 Å². The van der Waals surface area contributed by atoms with Crippen LogP contribution in [0, 0.1) is 0 Å². The molecule has 0 spiro atoms. The molecule has 2 aromatic carbocycles. The number of hydrogen-bond donors (Lipinski definition) is 1. The Hall–Kier alpha value is -2.76. The van der Waals surface area contributed by atoms with E-state index >= 15 is 0 Å². The van der Waals surface area contributed by atoms with E-state index in [-0.39, 0.29) is 5.91 Å². The SMILES string of the molecule is CN1CCN(C(=O)c2cccnc2Nc2cc(Cl)ccc2Cl)c2ccccc21. The first kappa shape index (κ1) is 18.6. The lowest BCUT2D eigenvalue weighted by Gasteiger charge is -2.35. The van der Waals surface area contributed by atoms with Gasteiger partial charge in [-0.25, -0.2) is 4.98 Å². The van der Waals surface area contributed by atoms with E-state index in [1.807, 2.05) is 31.3 Å². The summed E-state index contributed by atoms with van der Waals surface area (Å²) in [5.41, 5.74) is 2.98. The summed E-state index contributed by atoms with van der Waals surface area (Å²) in [4.78, 5) is 21.7. The molecule has 1 aliphatic heterocycles. The molecule has 0 atom stereocenters. The van der Waals surface area contributed by atoms with E-state index in [9.17, 15) is 4.79 Å². The van der Waals surface area contributed by atoms with Gasteiger partial charge in [0.25, 0.3) is 5.91 Å².